The number of thiazole rings is 1. The molecule has 0 spiro atoms. The highest BCUT2D eigenvalue weighted by molar-refractivity contribution is 7.13. The molecule has 2 aromatic rings. The molecule has 0 aliphatic carbocycles. The summed E-state index contributed by atoms with van der Waals surface area (Å²) < 4.78 is 5.24. The van der Waals surface area contributed by atoms with Crippen LogP contribution in [0, 0.1) is 0 Å². The van der Waals surface area contributed by atoms with E-state index in [2.05, 4.69) is 10.3 Å². The molecule has 2 rings (SSSR count). The highest BCUT2D eigenvalue weighted by Crippen LogP contribution is 2.23. The first-order chi connectivity index (χ1) is 8.25. The van der Waals surface area contributed by atoms with Gasteiger partial charge in [0, 0.05) is 18.5 Å². The summed E-state index contributed by atoms with van der Waals surface area (Å²) in [6, 6.07) is 3.68. The van der Waals surface area contributed by atoms with E-state index in [0.29, 0.717) is 13.1 Å². The molecule has 0 fully saturated rings. The van der Waals surface area contributed by atoms with E-state index in [9.17, 15) is 4.79 Å². The second kappa shape index (κ2) is 5.60. The number of furan rings is 1. The van der Waals surface area contributed by atoms with E-state index in [-0.39, 0.29) is 6.42 Å². The summed E-state index contributed by atoms with van der Waals surface area (Å²) in [4.78, 5) is 14.7. The number of aromatic nitrogens is 1. The van der Waals surface area contributed by atoms with Crippen molar-refractivity contribution < 1.29 is 14.3 Å². The Morgan fingerprint density at radius 2 is 2.47 bits per heavy atom. The molecule has 90 valence electrons. The summed E-state index contributed by atoms with van der Waals surface area (Å²) in [5, 5.41) is 14.3. The van der Waals surface area contributed by atoms with Crippen molar-refractivity contribution in [2.45, 2.75) is 13.0 Å². The van der Waals surface area contributed by atoms with Crippen LogP contribution in [-0.4, -0.2) is 22.6 Å². The van der Waals surface area contributed by atoms with Gasteiger partial charge in [-0.15, -0.1) is 11.3 Å². The van der Waals surface area contributed by atoms with E-state index in [0.717, 1.165) is 16.5 Å². The Morgan fingerprint density at radius 3 is 3.18 bits per heavy atom. The van der Waals surface area contributed by atoms with Crippen LogP contribution in [0.4, 0.5) is 0 Å². The number of nitrogens with zero attached hydrogens (tertiary/aromatic N) is 1. The maximum Gasteiger partial charge on any atom is 0.304 e. The lowest BCUT2D eigenvalue weighted by Crippen LogP contribution is -2.17. The van der Waals surface area contributed by atoms with Crippen molar-refractivity contribution >= 4 is 17.3 Å². The van der Waals surface area contributed by atoms with E-state index in [1.807, 2.05) is 17.5 Å². The van der Waals surface area contributed by atoms with Crippen LogP contribution < -0.4 is 5.32 Å². The zero-order chi connectivity index (χ0) is 12.1. The van der Waals surface area contributed by atoms with Gasteiger partial charge in [-0.05, 0) is 12.1 Å². The Kier molecular flexibility index (Phi) is 3.89. The topological polar surface area (TPSA) is 75.4 Å². The van der Waals surface area contributed by atoms with Crippen molar-refractivity contribution in [3.05, 3.63) is 29.5 Å². The van der Waals surface area contributed by atoms with E-state index >= 15 is 0 Å². The van der Waals surface area contributed by atoms with Crippen LogP contribution >= 0.6 is 11.3 Å². The molecule has 2 aromatic heterocycles. The Hall–Kier alpha value is -1.66. The Morgan fingerprint density at radius 1 is 1.59 bits per heavy atom. The number of hydrogen-bond acceptors (Lipinski definition) is 5. The number of hydrogen-bond donors (Lipinski definition) is 2. The molecule has 0 aliphatic heterocycles. The normalized spacial score (nSPS) is 10.6. The van der Waals surface area contributed by atoms with Gasteiger partial charge in [0.1, 0.15) is 0 Å². The molecule has 0 radical (unpaired) electrons. The smallest absolute Gasteiger partial charge is 0.304 e. The number of carboxylic acid groups (broad SMARTS) is 1. The highest BCUT2D eigenvalue weighted by Gasteiger charge is 2.06. The van der Waals surface area contributed by atoms with Gasteiger partial charge in [-0.1, -0.05) is 0 Å². The predicted molar refractivity (Wildman–Crippen MR) is 63.8 cm³/mol. The number of carboxylic acids is 1. The number of carbonyl (C=O) groups is 1. The zero-order valence-electron chi connectivity index (χ0n) is 9.05. The van der Waals surface area contributed by atoms with Crippen molar-refractivity contribution in [3.8, 4) is 10.8 Å². The molecule has 0 atom stereocenters. The third-order valence-corrected chi connectivity index (χ3v) is 3.01. The summed E-state index contributed by atoms with van der Waals surface area (Å²) in [7, 11) is 0. The lowest BCUT2D eigenvalue weighted by Gasteiger charge is -1.98. The van der Waals surface area contributed by atoms with Crippen LogP contribution in [0.2, 0.25) is 0 Å². The highest BCUT2D eigenvalue weighted by atomic mass is 32.1. The van der Waals surface area contributed by atoms with Crippen molar-refractivity contribution in [1.82, 2.24) is 10.3 Å². The van der Waals surface area contributed by atoms with Crippen LogP contribution in [0.1, 0.15) is 12.1 Å². The predicted octanol–water partition coefficient (Wildman–Crippen LogP) is 1.97. The lowest BCUT2D eigenvalue weighted by molar-refractivity contribution is -0.136. The van der Waals surface area contributed by atoms with E-state index in [4.69, 9.17) is 9.52 Å². The quantitative estimate of drug-likeness (QED) is 0.769. The molecule has 5 nitrogen and oxygen atoms in total. The molecule has 0 aliphatic rings. The number of aliphatic carboxylic acids is 1. The molecule has 0 saturated carbocycles. The first-order valence-electron chi connectivity index (χ1n) is 5.16. The second-order valence-electron chi connectivity index (χ2n) is 3.44. The SMILES string of the molecule is O=C(O)CCNCc1csc(-c2ccco2)n1. The minimum absolute atomic E-state index is 0.120. The van der Waals surface area contributed by atoms with Crippen LogP contribution in [0.3, 0.4) is 0 Å². The fourth-order valence-corrected chi connectivity index (χ4v) is 2.10. The third kappa shape index (κ3) is 3.40. The van der Waals surface area contributed by atoms with Gasteiger partial charge in [0.2, 0.25) is 0 Å². The van der Waals surface area contributed by atoms with Crippen LogP contribution in [-0.2, 0) is 11.3 Å². The van der Waals surface area contributed by atoms with Crippen LogP contribution in [0.5, 0.6) is 0 Å². The standard InChI is InChI=1S/C11H12N2O3S/c14-10(15)3-4-12-6-8-7-17-11(13-8)9-2-1-5-16-9/h1-2,5,7,12H,3-4,6H2,(H,14,15). The first kappa shape index (κ1) is 11.8. The zero-order valence-corrected chi connectivity index (χ0v) is 9.87. The minimum atomic E-state index is -0.799. The lowest BCUT2D eigenvalue weighted by atomic mass is 10.4. The van der Waals surface area contributed by atoms with Crippen LogP contribution in [0.15, 0.2) is 28.2 Å². The maximum absolute atomic E-state index is 10.3. The molecule has 0 unspecified atom stereocenters. The summed E-state index contributed by atoms with van der Waals surface area (Å²) >= 11 is 1.51. The molecule has 0 saturated heterocycles. The van der Waals surface area contributed by atoms with E-state index < -0.39 is 5.97 Å². The summed E-state index contributed by atoms with van der Waals surface area (Å²) in [6.07, 6.45) is 1.73. The second-order valence-corrected chi connectivity index (χ2v) is 4.30. The molecule has 2 N–H and O–H groups in total. The van der Waals surface area contributed by atoms with Gasteiger partial charge in [0.05, 0.1) is 18.4 Å². The monoisotopic (exact) mass is 252 g/mol. The fraction of sp³-hybridized carbons (Fsp3) is 0.273. The van der Waals surface area contributed by atoms with Crippen molar-refractivity contribution in [2.24, 2.45) is 0 Å². The molecule has 0 bridgehead atoms. The minimum Gasteiger partial charge on any atom is -0.481 e. The van der Waals surface area contributed by atoms with Crippen molar-refractivity contribution in [2.75, 3.05) is 6.54 Å². The van der Waals surface area contributed by atoms with Gasteiger partial charge < -0.3 is 14.8 Å². The van der Waals surface area contributed by atoms with Gasteiger partial charge in [-0.25, -0.2) is 4.98 Å². The summed E-state index contributed by atoms with van der Waals surface area (Å²) in [6.45, 7) is 1.02. The van der Waals surface area contributed by atoms with Crippen molar-refractivity contribution in [3.63, 3.8) is 0 Å². The average Bonchev–Trinajstić information content (AvgIpc) is 2.94. The van der Waals surface area contributed by atoms with E-state index in [1.165, 1.54) is 11.3 Å². The molecule has 0 aromatic carbocycles. The largest absolute Gasteiger partial charge is 0.481 e. The average molecular weight is 252 g/mol. The Balaban J connectivity index is 1.84. The van der Waals surface area contributed by atoms with Gasteiger partial charge in [-0.2, -0.15) is 0 Å². The number of nitrogens with one attached hydrogen (secondary N) is 1. The van der Waals surface area contributed by atoms with Crippen molar-refractivity contribution in [1.29, 1.82) is 0 Å². The molecule has 0 amide bonds. The Bertz CT molecular complexity index is 479. The summed E-state index contributed by atoms with van der Waals surface area (Å²) in [5.41, 5.74) is 0.895. The molecule has 17 heavy (non-hydrogen) atoms. The van der Waals surface area contributed by atoms with E-state index in [1.54, 1.807) is 6.26 Å². The van der Waals surface area contributed by atoms with Gasteiger partial charge >= 0.3 is 5.97 Å². The molecule has 6 heteroatoms. The fourth-order valence-electron chi connectivity index (χ4n) is 1.31. The van der Waals surface area contributed by atoms with Crippen LogP contribution in [0.25, 0.3) is 10.8 Å². The third-order valence-electron chi connectivity index (χ3n) is 2.11. The first-order valence-corrected chi connectivity index (χ1v) is 6.04. The van der Waals surface area contributed by atoms with Gasteiger partial charge in [-0.3, -0.25) is 4.79 Å². The van der Waals surface area contributed by atoms with Gasteiger partial charge in [0.15, 0.2) is 10.8 Å². The molecular weight excluding hydrogens is 240 g/mol. The van der Waals surface area contributed by atoms with Gasteiger partial charge in [0.25, 0.3) is 0 Å². The number of rotatable bonds is 6. The summed E-state index contributed by atoms with van der Waals surface area (Å²) in [5.74, 6) is -0.0427. The maximum atomic E-state index is 10.3. The molecular formula is C11H12N2O3S. The Labute approximate surface area is 102 Å². The molecule has 2 heterocycles.